The molecule has 0 bridgehead atoms. The highest BCUT2D eigenvalue weighted by Gasteiger charge is 2.29. The number of carbonyl (C=O) groups is 1. The highest BCUT2D eigenvalue weighted by atomic mass is 19.3. The van der Waals surface area contributed by atoms with Gasteiger partial charge in [0.2, 0.25) is 5.78 Å². The molecule has 1 aliphatic heterocycles. The molecule has 114 valence electrons. The second kappa shape index (κ2) is 6.00. The quantitative estimate of drug-likeness (QED) is 0.843. The molecule has 5 heteroatoms. The number of hydrogen-bond acceptors (Lipinski definition) is 3. The number of alkyl halides is 2. The van der Waals surface area contributed by atoms with Gasteiger partial charge in [-0.2, -0.15) is 8.78 Å². The maximum atomic E-state index is 12.6. The first-order valence-electron chi connectivity index (χ1n) is 7.42. The van der Waals surface area contributed by atoms with Gasteiger partial charge in [-0.15, -0.1) is 0 Å². The van der Waals surface area contributed by atoms with Crippen LogP contribution in [0, 0.1) is 5.92 Å². The third kappa shape index (κ3) is 3.01. The molecule has 0 saturated heterocycles. The van der Waals surface area contributed by atoms with Crippen molar-refractivity contribution in [1.82, 2.24) is 0 Å². The van der Waals surface area contributed by atoms with Gasteiger partial charge in [0.15, 0.2) is 6.61 Å². The van der Waals surface area contributed by atoms with E-state index in [1.165, 1.54) is 31.4 Å². The SMILES string of the molecule is O=C1COc2c1ccc(OC(F)F)c2CC1CCCCC1. The average Bonchev–Trinajstić information content (AvgIpc) is 2.84. The molecule has 0 spiro atoms. The maximum absolute atomic E-state index is 12.6. The Morgan fingerprint density at radius 3 is 2.71 bits per heavy atom. The van der Waals surface area contributed by atoms with Crippen molar-refractivity contribution in [2.75, 3.05) is 6.61 Å². The van der Waals surface area contributed by atoms with Crippen molar-refractivity contribution in [1.29, 1.82) is 0 Å². The molecular weight excluding hydrogens is 278 g/mol. The summed E-state index contributed by atoms with van der Waals surface area (Å²) in [5.74, 6) is 0.941. The zero-order valence-electron chi connectivity index (χ0n) is 11.7. The highest BCUT2D eigenvalue weighted by molar-refractivity contribution is 6.03. The second-order valence-corrected chi connectivity index (χ2v) is 5.72. The lowest BCUT2D eigenvalue weighted by Crippen LogP contribution is -2.12. The summed E-state index contributed by atoms with van der Waals surface area (Å²) in [6, 6.07) is 2.99. The average molecular weight is 296 g/mol. The molecule has 1 fully saturated rings. The largest absolute Gasteiger partial charge is 0.484 e. The van der Waals surface area contributed by atoms with Crippen molar-refractivity contribution in [3.8, 4) is 11.5 Å². The number of benzene rings is 1. The fourth-order valence-electron chi connectivity index (χ4n) is 3.29. The topological polar surface area (TPSA) is 35.5 Å². The van der Waals surface area contributed by atoms with Gasteiger partial charge in [0.25, 0.3) is 0 Å². The van der Waals surface area contributed by atoms with Gasteiger partial charge in [-0.3, -0.25) is 4.79 Å². The van der Waals surface area contributed by atoms with Gasteiger partial charge in [0.1, 0.15) is 11.5 Å². The van der Waals surface area contributed by atoms with Crippen LogP contribution >= 0.6 is 0 Å². The molecule has 2 aliphatic rings. The molecule has 1 aromatic carbocycles. The highest BCUT2D eigenvalue weighted by Crippen LogP contribution is 2.40. The van der Waals surface area contributed by atoms with E-state index in [4.69, 9.17) is 4.74 Å². The fraction of sp³-hybridized carbons (Fsp3) is 0.562. The second-order valence-electron chi connectivity index (χ2n) is 5.72. The maximum Gasteiger partial charge on any atom is 0.387 e. The first kappa shape index (κ1) is 14.3. The van der Waals surface area contributed by atoms with Crippen molar-refractivity contribution < 1.29 is 23.0 Å². The molecule has 1 aliphatic carbocycles. The van der Waals surface area contributed by atoms with Crippen molar-refractivity contribution in [2.45, 2.75) is 45.1 Å². The van der Waals surface area contributed by atoms with Crippen molar-refractivity contribution in [3.05, 3.63) is 23.3 Å². The van der Waals surface area contributed by atoms with E-state index in [-0.39, 0.29) is 18.1 Å². The first-order chi connectivity index (χ1) is 10.1. The van der Waals surface area contributed by atoms with Crippen LogP contribution in [0.3, 0.4) is 0 Å². The van der Waals surface area contributed by atoms with Crippen LogP contribution in [0.25, 0.3) is 0 Å². The van der Waals surface area contributed by atoms with E-state index in [1.807, 2.05) is 0 Å². The van der Waals surface area contributed by atoms with Crippen LogP contribution in [0.2, 0.25) is 0 Å². The van der Waals surface area contributed by atoms with Crippen LogP contribution in [-0.4, -0.2) is 19.0 Å². The van der Waals surface area contributed by atoms with Crippen LogP contribution in [-0.2, 0) is 6.42 Å². The number of rotatable bonds is 4. The minimum absolute atomic E-state index is 0.00880. The van der Waals surface area contributed by atoms with E-state index < -0.39 is 6.61 Å². The summed E-state index contributed by atoms with van der Waals surface area (Å²) in [4.78, 5) is 11.7. The van der Waals surface area contributed by atoms with Gasteiger partial charge >= 0.3 is 6.61 Å². The molecule has 21 heavy (non-hydrogen) atoms. The molecule has 0 unspecified atom stereocenters. The molecule has 0 N–H and O–H groups in total. The fourth-order valence-corrected chi connectivity index (χ4v) is 3.29. The molecule has 3 nitrogen and oxygen atoms in total. The van der Waals surface area contributed by atoms with Gasteiger partial charge in [-0.05, 0) is 24.5 Å². The Morgan fingerprint density at radius 1 is 1.24 bits per heavy atom. The molecule has 1 heterocycles. The molecular formula is C16H18F2O3. The summed E-state index contributed by atoms with van der Waals surface area (Å²) >= 11 is 0. The summed E-state index contributed by atoms with van der Waals surface area (Å²) in [6.07, 6.45) is 6.39. The van der Waals surface area contributed by atoms with Crippen molar-refractivity contribution >= 4 is 5.78 Å². The van der Waals surface area contributed by atoms with Crippen LogP contribution < -0.4 is 9.47 Å². The third-order valence-electron chi connectivity index (χ3n) is 4.30. The standard InChI is InChI=1S/C16H18F2O3/c17-16(18)21-14-7-6-11-13(19)9-20-15(11)12(14)8-10-4-2-1-3-5-10/h6-7,10,16H,1-5,8-9H2. The Hall–Kier alpha value is -1.65. The van der Waals surface area contributed by atoms with Crippen LogP contribution in [0.1, 0.15) is 48.0 Å². The lowest BCUT2D eigenvalue weighted by molar-refractivity contribution is -0.0506. The molecule has 0 aromatic heterocycles. The van der Waals surface area contributed by atoms with Gasteiger partial charge < -0.3 is 9.47 Å². The summed E-state index contributed by atoms with van der Waals surface area (Å²) in [5, 5.41) is 0. The van der Waals surface area contributed by atoms with Gasteiger partial charge in [-0.1, -0.05) is 32.1 Å². The molecule has 1 saturated carbocycles. The van der Waals surface area contributed by atoms with Crippen LogP contribution in [0.15, 0.2) is 12.1 Å². The summed E-state index contributed by atoms with van der Waals surface area (Å²) in [6.45, 7) is -2.88. The van der Waals surface area contributed by atoms with Crippen LogP contribution in [0.5, 0.6) is 11.5 Å². The summed E-state index contributed by atoms with van der Waals surface area (Å²) < 4.78 is 35.2. The Bertz CT molecular complexity index is 537. The molecule has 0 amide bonds. The first-order valence-corrected chi connectivity index (χ1v) is 7.42. The van der Waals surface area contributed by atoms with E-state index in [2.05, 4.69) is 4.74 Å². The van der Waals surface area contributed by atoms with Crippen LogP contribution in [0.4, 0.5) is 8.78 Å². The van der Waals surface area contributed by atoms with Crippen molar-refractivity contribution in [3.63, 3.8) is 0 Å². The predicted octanol–water partition coefficient (Wildman–Crippen LogP) is 3.99. The Kier molecular flexibility index (Phi) is 4.08. The lowest BCUT2D eigenvalue weighted by Gasteiger charge is -2.23. The van der Waals surface area contributed by atoms with E-state index >= 15 is 0 Å². The number of halogens is 2. The lowest BCUT2D eigenvalue weighted by atomic mass is 9.84. The number of carbonyl (C=O) groups excluding carboxylic acids is 1. The smallest absolute Gasteiger partial charge is 0.387 e. The van der Waals surface area contributed by atoms with E-state index in [0.717, 1.165) is 12.8 Å². The summed E-state index contributed by atoms with van der Waals surface area (Å²) in [5.41, 5.74) is 1.12. The molecule has 1 aromatic rings. The normalized spacial score (nSPS) is 18.7. The summed E-state index contributed by atoms with van der Waals surface area (Å²) in [7, 11) is 0. The number of Topliss-reactive ketones (excluding diaryl/α,β-unsaturated/α-hetero) is 1. The zero-order chi connectivity index (χ0) is 14.8. The number of ketones is 1. The monoisotopic (exact) mass is 296 g/mol. The number of ether oxygens (including phenoxy) is 2. The number of hydrogen-bond donors (Lipinski definition) is 0. The minimum Gasteiger partial charge on any atom is -0.484 e. The zero-order valence-corrected chi connectivity index (χ0v) is 11.7. The third-order valence-corrected chi connectivity index (χ3v) is 4.30. The van der Waals surface area contributed by atoms with Gasteiger partial charge in [0.05, 0.1) is 5.56 Å². The van der Waals surface area contributed by atoms with E-state index in [1.54, 1.807) is 0 Å². The number of fused-ring (bicyclic) bond motifs is 1. The molecule has 3 rings (SSSR count). The van der Waals surface area contributed by atoms with Gasteiger partial charge in [-0.25, -0.2) is 0 Å². The predicted molar refractivity (Wildman–Crippen MR) is 73.2 cm³/mol. The Labute approximate surface area is 122 Å². The molecule has 0 atom stereocenters. The van der Waals surface area contributed by atoms with Crippen molar-refractivity contribution in [2.24, 2.45) is 5.92 Å². The van der Waals surface area contributed by atoms with Gasteiger partial charge in [0, 0.05) is 5.56 Å². The van der Waals surface area contributed by atoms with E-state index in [9.17, 15) is 13.6 Å². The van der Waals surface area contributed by atoms with E-state index in [0.29, 0.717) is 29.2 Å². The molecule has 0 radical (unpaired) electrons. The Morgan fingerprint density at radius 2 is 2.00 bits per heavy atom. The minimum atomic E-state index is -2.87. The Balaban J connectivity index is 1.92.